The molecule has 2 aliphatic rings. The van der Waals surface area contributed by atoms with Gasteiger partial charge in [0.15, 0.2) is 0 Å². The smallest absolute Gasteiger partial charge is 0.256 e. The van der Waals surface area contributed by atoms with E-state index in [1.165, 1.54) is 0 Å². The predicted molar refractivity (Wildman–Crippen MR) is 117 cm³/mol. The highest BCUT2D eigenvalue weighted by Crippen LogP contribution is 2.56. The lowest BCUT2D eigenvalue weighted by atomic mass is 9.95. The average Bonchev–Trinajstić information content (AvgIpc) is 3.14. The Morgan fingerprint density at radius 1 is 1.23 bits per heavy atom. The molecule has 1 fully saturated rings. The van der Waals surface area contributed by atoms with Gasteiger partial charge in [-0.15, -0.1) is 11.8 Å². The van der Waals surface area contributed by atoms with Crippen LogP contribution in [-0.2, 0) is 9.59 Å². The zero-order chi connectivity index (χ0) is 22.2. The first-order valence-corrected chi connectivity index (χ1v) is 11.3. The van der Waals surface area contributed by atoms with Gasteiger partial charge in [-0.3, -0.25) is 14.4 Å². The van der Waals surface area contributed by atoms with Crippen molar-refractivity contribution in [2.24, 2.45) is 5.92 Å². The number of nitrogens with zero attached hydrogens (tertiary/aromatic N) is 1. The summed E-state index contributed by atoms with van der Waals surface area (Å²) in [7, 11) is 0. The van der Waals surface area contributed by atoms with Crippen molar-refractivity contribution in [2.45, 2.75) is 69.3 Å². The second kappa shape index (κ2) is 8.59. The summed E-state index contributed by atoms with van der Waals surface area (Å²) < 4.78 is -0.507. The number of aliphatic hydroxyl groups excluding tert-OH is 1. The molecule has 3 amide bonds. The lowest BCUT2D eigenvalue weighted by molar-refractivity contribution is -0.133. The number of carbonyl (C=O) groups is 3. The Labute approximate surface area is 182 Å². The SMILES string of the molecule is CC[C@H](C)[C@H](NC(=O)[C@@H]1N2C(=O)c3ccccc3[C@H]2SC1(C)C)C(=O)N[C@@H](C)CO. The van der Waals surface area contributed by atoms with E-state index in [2.05, 4.69) is 10.6 Å². The van der Waals surface area contributed by atoms with E-state index in [-0.39, 0.29) is 35.6 Å². The van der Waals surface area contributed by atoms with Gasteiger partial charge < -0.3 is 20.6 Å². The Morgan fingerprint density at radius 3 is 2.53 bits per heavy atom. The molecule has 1 saturated heterocycles. The zero-order valence-corrected chi connectivity index (χ0v) is 19.0. The molecule has 3 N–H and O–H groups in total. The summed E-state index contributed by atoms with van der Waals surface area (Å²) in [6.45, 7) is 9.31. The number of benzene rings is 1. The van der Waals surface area contributed by atoms with Gasteiger partial charge >= 0.3 is 0 Å². The van der Waals surface area contributed by atoms with Crippen molar-refractivity contribution in [1.29, 1.82) is 0 Å². The van der Waals surface area contributed by atoms with E-state index in [0.29, 0.717) is 12.0 Å². The van der Waals surface area contributed by atoms with E-state index in [1.807, 2.05) is 45.9 Å². The largest absolute Gasteiger partial charge is 0.394 e. The molecule has 1 aromatic rings. The summed E-state index contributed by atoms with van der Waals surface area (Å²) in [6, 6.07) is 5.63. The zero-order valence-electron chi connectivity index (χ0n) is 18.1. The number of carbonyl (C=O) groups excluding carboxylic acids is 3. The number of hydrogen-bond acceptors (Lipinski definition) is 5. The lowest BCUT2D eigenvalue weighted by Gasteiger charge is -2.32. The van der Waals surface area contributed by atoms with Crippen LogP contribution in [0.1, 0.15) is 62.3 Å². The van der Waals surface area contributed by atoms with Crippen LogP contribution >= 0.6 is 11.8 Å². The van der Waals surface area contributed by atoms with Gasteiger partial charge in [-0.2, -0.15) is 0 Å². The quantitative estimate of drug-likeness (QED) is 0.611. The van der Waals surface area contributed by atoms with E-state index in [1.54, 1.807) is 29.7 Å². The molecule has 2 aliphatic heterocycles. The fraction of sp³-hybridized carbons (Fsp3) is 0.591. The summed E-state index contributed by atoms with van der Waals surface area (Å²) >= 11 is 1.60. The molecule has 0 saturated carbocycles. The number of nitrogens with one attached hydrogen (secondary N) is 2. The Hall–Kier alpha value is -2.06. The molecular formula is C22H31N3O4S. The average molecular weight is 434 g/mol. The molecule has 0 aliphatic carbocycles. The predicted octanol–water partition coefficient (Wildman–Crippen LogP) is 2.06. The normalized spacial score (nSPS) is 24.6. The maximum Gasteiger partial charge on any atom is 0.256 e. The van der Waals surface area contributed by atoms with Crippen molar-refractivity contribution in [1.82, 2.24) is 15.5 Å². The van der Waals surface area contributed by atoms with Crippen LogP contribution in [0, 0.1) is 5.92 Å². The van der Waals surface area contributed by atoms with Gasteiger partial charge in [-0.25, -0.2) is 0 Å². The first-order chi connectivity index (χ1) is 14.1. The molecule has 3 rings (SSSR count). The Kier molecular flexibility index (Phi) is 6.48. The minimum atomic E-state index is -0.739. The van der Waals surface area contributed by atoms with Gasteiger partial charge in [0.05, 0.1) is 6.61 Å². The number of hydrogen-bond donors (Lipinski definition) is 3. The Morgan fingerprint density at radius 2 is 1.90 bits per heavy atom. The van der Waals surface area contributed by atoms with Crippen molar-refractivity contribution in [2.75, 3.05) is 6.61 Å². The van der Waals surface area contributed by atoms with Gasteiger partial charge in [0.2, 0.25) is 11.8 Å². The summed E-state index contributed by atoms with van der Waals surface area (Å²) in [5.41, 5.74) is 1.57. The van der Waals surface area contributed by atoms with Gasteiger partial charge in [0.25, 0.3) is 5.91 Å². The van der Waals surface area contributed by atoms with Crippen LogP contribution in [0.25, 0.3) is 0 Å². The van der Waals surface area contributed by atoms with Crippen molar-refractivity contribution in [3.8, 4) is 0 Å². The minimum Gasteiger partial charge on any atom is -0.394 e. The third-order valence-corrected chi connectivity index (χ3v) is 7.54. The van der Waals surface area contributed by atoms with E-state index >= 15 is 0 Å². The standard InChI is InChI=1S/C22H31N3O4S/c1-6-12(2)16(18(27)23-13(3)11-26)24-19(28)17-22(4,5)30-21-15-10-8-7-9-14(15)20(29)25(17)21/h7-10,12-13,16-17,21,26H,6,11H2,1-5H3,(H,23,27)(H,24,28)/t12-,13-,16-,17-,21+/m0/s1. The monoisotopic (exact) mass is 433 g/mol. The van der Waals surface area contributed by atoms with Crippen LogP contribution in [0.3, 0.4) is 0 Å². The maximum atomic E-state index is 13.4. The van der Waals surface area contributed by atoms with Crippen molar-refractivity contribution in [3.63, 3.8) is 0 Å². The molecule has 0 bridgehead atoms. The van der Waals surface area contributed by atoms with Crippen molar-refractivity contribution in [3.05, 3.63) is 35.4 Å². The third-order valence-electron chi connectivity index (χ3n) is 6.00. The summed E-state index contributed by atoms with van der Waals surface area (Å²) in [4.78, 5) is 41.0. The van der Waals surface area contributed by atoms with Crippen LogP contribution in [0.15, 0.2) is 24.3 Å². The van der Waals surface area contributed by atoms with Gasteiger partial charge in [0, 0.05) is 16.4 Å². The van der Waals surface area contributed by atoms with E-state index in [4.69, 9.17) is 0 Å². The third kappa shape index (κ3) is 3.95. The molecule has 0 unspecified atom stereocenters. The molecular weight excluding hydrogens is 402 g/mol. The van der Waals surface area contributed by atoms with Crippen LogP contribution < -0.4 is 10.6 Å². The van der Waals surface area contributed by atoms with Gasteiger partial charge in [0.1, 0.15) is 17.5 Å². The molecule has 0 spiro atoms. The highest BCUT2D eigenvalue weighted by molar-refractivity contribution is 8.01. The fourth-order valence-electron chi connectivity index (χ4n) is 4.12. The van der Waals surface area contributed by atoms with E-state index < -0.39 is 22.9 Å². The number of thioether (sulfide) groups is 1. The first kappa shape index (κ1) is 22.6. The number of amides is 3. The Bertz CT molecular complexity index is 843. The van der Waals surface area contributed by atoms with Crippen molar-refractivity contribution >= 4 is 29.5 Å². The van der Waals surface area contributed by atoms with Crippen LogP contribution in [0.5, 0.6) is 0 Å². The second-order valence-corrected chi connectivity index (χ2v) is 10.5. The molecule has 0 aromatic heterocycles. The lowest BCUT2D eigenvalue weighted by Crippen LogP contribution is -2.59. The van der Waals surface area contributed by atoms with Crippen molar-refractivity contribution < 1.29 is 19.5 Å². The second-order valence-electron chi connectivity index (χ2n) is 8.74. The molecule has 30 heavy (non-hydrogen) atoms. The van der Waals surface area contributed by atoms with Crippen LogP contribution in [-0.4, -0.2) is 57.2 Å². The topological polar surface area (TPSA) is 98.7 Å². The van der Waals surface area contributed by atoms with Crippen LogP contribution in [0.4, 0.5) is 0 Å². The van der Waals surface area contributed by atoms with Crippen LogP contribution in [0.2, 0.25) is 0 Å². The van der Waals surface area contributed by atoms with E-state index in [0.717, 1.165) is 5.56 Å². The number of fused-ring (bicyclic) bond motifs is 3. The molecule has 7 nitrogen and oxygen atoms in total. The molecule has 2 heterocycles. The summed E-state index contributed by atoms with van der Waals surface area (Å²) in [5.74, 6) is -0.893. The first-order valence-electron chi connectivity index (χ1n) is 10.4. The summed E-state index contributed by atoms with van der Waals surface area (Å²) in [6.07, 6.45) is 0.700. The highest BCUT2D eigenvalue weighted by Gasteiger charge is 2.57. The maximum absolute atomic E-state index is 13.4. The molecule has 1 aromatic carbocycles. The van der Waals surface area contributed by atoms with E-state index in [9.17, 15) is 19.5 Å². The molecule has 5 atom stereocenters. The number of rotatable bonds is 7. The van der Waals surface area contributed by atoms with Gasteiger partial charge in [-0.05, 0) is 38.3 Å². The van der Waals surface area contributed by atoms with Gasteiger partial charge in [-0.1, -0.05) is 38.5 Å². The molecule has 0 radical (unpaired) electrons. The minimum absolute atomic E-state index is 0.0979. The molecule has 164 valence electrons. The Balaban J connectivity index is 1.85. The fourth-order valence-corrected chi connectivity index (χ4v) is 5.71. The molecule has 8 heteroatoms. The highest BCUT2D eigenvalue weighted by atomic mass is 32.2. The number of aliphatic hydroxyl groups is 1. The summed E-state index contributed by atoms with van der Waals surface area (Å²) in [5, 5.41) is 14.7.